The molecule has 2 saturated carbocycles. The summed E-state index contributed by atoms with van der Waals surface area (Å²) in [6.45, 7) is 0. The number of carboxylic acids is 1. The van der Waals surface area contributed by atoms with Gasteiger partial charge in [0.25, 0.3) is 0 Å². The van der Waals surface area contributed by atoms with E-state index < -0.39 is 11.9 Å². The Morgan fingerprint density at radius 1 is 1.05 bits per heavy atom. The van der Waals surface area contributed by atoms with Crippen LogP contribution >= 0.6 is 0 Å². The molecule has 3 rings (SSSR count). The smallest absolute Gasteiger partial charge is 0.307 e. The number of anilines is 1. The number of hydrogen-bond acceptors (Lipinski definition) is 2. The molecular formula is C15H17NO3. The van der Waals surface area contributed by atoms with E-state index in [9.17, 15) is 14.7 Å². The van der Waals surface area contributed by atoms with Gasteiger partial charge in [-0.1, -0.05) is 18.2 Å². The van der Waals surface area contributed by atoms with Crippen molar-refractivity contribution in [3.63, 3.8) is 0 Å². The van der Waals surface area contributed by atoms with Crippen LogP contribution in [0.3, 0.4) is 0 Å². The summed E-state index contributed by atoms with van der Waals surface area (Å²) in [7, 11) is 0. The van der Waals surface area contributed by atoms with Crippen molar-refractivity contribution in [1.29, 1.82) is 0 Å². The van der Waals surface area contributed by atoms with E-state index in [-0.39, 0.29) is 23.7 Å². The molecule has 2 aliphatic rings. The molecule has 2 aliphatic carbocycles. The molecule has 2 fully saturated rings. The van der Waals surface area contributed by atoms with Gasteiger partial charge in [-0.2, -0.15) is 0 Å². The van der Waals surface area contributed by atoms with Crippen LogP contribution in [-0.2, 0) is 9.59 Å². The molecule has 0 aromatic heterocycles. The van der Waals surface area contributed by atoms with Crippen molar-refractivity contribution in [3.8, 4) is 0 Å². The number of hydrogen-bond donors (Lipinski definition) is 2. The number of amides is 1. The number of carbonyl (C=O) groups is 2. The minimum Gasteiger partial charge on any atom is -0.481 e. The molecule has 2 N–H and O–H groups in total. The SMILES string of the molecule is O=C(O)[C@H]1[C@H]2CC[C@@H](C2)[C@@H]1C(=O)Nc1ccccc1. The fourth-order valence-corrected chi connectivity index (χ4v) is 3.77. The largest absolute Gasteiger partial charge is 0.481 e. The summed E-state index contributed by atoms with van der Waals surface area (Å²) in [4.78, 5) is 23.7. The highest BCUT2D eigenvalue weighted by molar-refractivity contribution is 5.95. The van der Waals surface area contributed by atoms with E-state index in [4.69, 9.17) is 0 Å². The maximum absolute atomic E-state index is 12.3. The number of para-hydroxylation sites is 1. The topological polar surface area (TPSA) is 66.4 Å². The molecule has 0 spiro atoms. The molecule has 4 nitrogen and oxygen atoms in total. The monoisotopic (exact) mass is 259 g/mol. The second-order valence-corrected chi connectivity index (χ2v) is 5.58. The van der Waals surface area contributed by atoms with Gasteiger partial charge in [-0.05, 0) is 43.2 Å². The third kappa shape index (κ3) is 2.11. The van der Waals surface area contributed by atoms with E-state index in [0.717, 1.165) is 24.9 Å². The number of carbonyl (C=O) groups excluding carboxylic acids is 1. The Balaban J connectivity index is 1.77. The molecule has 0 heterocycles. The van der Waals surface area contributed by atoms with Gasteiger partial charge in [0.1, 0.15) is 0 Å². The molecule has 19 heavy (non-hydrogen) atoms. The lowest BCUT2D eigenvalue weighted by Gasteiger charge is -2.27. The Labute approximate surface area is 111 Å². The summed E-state index contributed by atoms with van der Waals surface area (Å²) in [6, 6.07) is 9.23. The summed E-state index contributed by atoms with van der Waals surface area (Å²) in [6.07, 6.45) is 2.84. The van der Waals surface area contributed by atoms with Gasteiger partial charge in [0.15, 0.2) is 0 Å². The molecule has 1 aromatic carbocycles. The minimum absolute atomic E-state index is 0.134. The van der Waals surface area contributed by atoms with Gasteiger partial charge < -0.3 is 10.4 Å². The molecule has 0 aliphatic heterocycles. The Morgan fingerprint density at radius 2 is 1.68 bits per heavy atom. The third-order valence-electron chi connectivity index (χ3n) is 4.55. The van der Waals surface area contributed by atoms with Crippen LogP contribution in [0, 0.1) is 23.7 Å². The third-order valence-corrected chi connectivity index (χ3v) is 4.55. The normalized spacial score (nSPS) is 32.2. The lowest BCUT2D eigenvalue weighted by atomic mass is 9.78. The highest BCUT2D eigenvalue weighted by Gasteiger charge is 2.53. The Morgan fingerprint density at radius 3 is 2.32 bits per heavy atom. The zero-order chi connectivity index (χ0) is 13.4. The quantitative estimate of drug-likeness (QED) is 0.875. The van der Waals surface area contributed by atoms with Crippen molar-refractivity contribution < 1.29 is 14.7 Å². The first-order chi connectivity index (χ1) is 9.16. The second kappa shape index (κ2) is 4.68. The predicted molar refractivity (Wildman–Crippen MR) is 70.5 cm³/mol. The van der Waals surface area contributed by atoms with Crippen molar-refractivity contribution in [2.24, 2.45) is 23.7 Å². The van der Waals surface area contributed by atoms with Crippen LogP contribution in [0.1, 0.15) is 19.3 Å². The summed E-state index contributed by atoms with van der Waals surface area (Å²) in [5.74, 6) is -1.38. The van der Waals surface area contributed by atoms with E-state index in [1.54, 1.807) is 0 Å². The lowest BCUT2D eigenvalue weighted by Crippen LogP contribution is -2.37. The molecule has 0 radical (unpaired) electrons. The number of benzene rings is 1. The molecule has 0 unspecified atom stereocenters. The molecule has 1 aromatic rings. The van der Waals surface area contributed by atoms with E-state index in [1.807, 2.05) is 30.3 Å². The fraction of sp³-hybridized carbons (Fsp3) is 0.467. The Kier molecular flexibility index (Phi) is 3.01. The molecule has 2 bridgehead atoms. The first-order valence-electron chi connectivity index (χ1n) is 6.75. The van der Waals surface area contributed by atoms with Gasteiger partial charge in [-0.3, -0.25) is 9.59 Å². The summed E-state index contributed by atoms with van der Waals surface area (Å²) in [5.41, 5.74) is 0.736. The molecular weight excluding hydrogens is 242 g/mol. The molecule has 4 heteroatoms. The average molecular weight is 259 g/mol. The fourth-order valence-electron chi connectivity index (χ4n) is 3.77. The van der Waals surface area contributed by atoms with Gasteiger partial charge in [-0.25, -0.2) is 0 Å². The number of aliphatic carboxylic acids is 1. The maximum Gasteiger partial charge on any atom is 0.307 e. The zero-order valence-corrected chi connectivity index (χ0v) is 10.6. The van der Waals surface area contributed by atoms with Gasteiger partial charge in [0, 0.05) is 5.69 Å². The van der Waals surface area contributed by atoms with Crippen molar-refractivity contribution in [1.82, 2.24) is 0 Å². The summed E-state index contributed by atoms with van der Waals surface area (Å²) in [5, 5.41) is 12.2. The van der Waals surface area contributed by atoms with Gasteiger partial charge in [0.05, 0.1) is 11.8 Å². The first-order valence-corrected chi connectivity index (χ1v) is 6.75. The first kappa shape index (κ1) is 12.2. The van der Waals surface area contributed by atoms with Crippen LogP contribution in [0.5, 0.6) is 0 Å². The van der Waals surface area contributed by atoms with Gasteiger partial charge in [-0.15, -0.1) is 0 Å². The van der Waals surface area contributed by atoms with Crippen LogP contribution < -0.4 is 5.32 Å². The number of fused-ring (bicyclic) bond motifs is 2. The van der Waals surface area contributed by atoms with E-state index in [1.165, 1.54) is 0 Å². The molecule has 4 atom stereocenters. The van der Waals surface area contributed by atoms with E-state index in [2.05, 4.69) is 5.32 Å². The number of rotatable bonds is 3. The Bertz CT molecular complexity index is 499. The van der Waals surface area contributed by atoms with Crippen LogP contribution in [0.4, 0.5) is 5.69 Å². The molecule has 100 valence electrons. The summed E-state index contributed by atoms with van der Waals surface area (Å²) >= 11 is 0. The van der Waals surface area contributed by atoms with Crippen LogP contribution in [0.15, 0.2) is 30.3 Å². The highest BCUT2D eigenvalue weighted by atomic mass is 16.4. The number of nitrogens with one attached hydrogen (secondary N) is 1. The maximum atomic E-state index is 12.3. The number of carboxylic acid groups (broad SMARTS) is 1. The molecule has 0 saturated heterocycles. The van der Waals surface area contributed by atoms with E-state index >= 15 is 0 Å². The molecule has 1 amide bonds. The predicted octanol–water partition coefficient (Wildman–Crippen LogP) is 2.37. The van der Waals surface area contributed by atoms with Gasteiger partial charge in [0.2, 0.25) is 5.91 Å². The van der Waals surface area contributed by atoms with Crippen molar-refractivity contribution in [3.05, 3.63) is 30.3 Å². The Hall–Kier alpha value is -1.84. The van der Waals surface area contributed by atoms with E-state index in [0.29, 0.717) is 0 Å². The second-order valence-electron chi connectivity index (χ2n) is 5.58. The van der Waals surface area contributed by atoms with Crippen molar-refractivity contribution >= 4 is 17.6 Å². The van der Waals surface area contributed by atoms with Crippen LogP contribution in [0.2, 0.25) is 0 Å². The van der Waals surface area contributed by atoms with Crippen LogP contribution in [0.25, 0.3) is 0 Å². The lowest BCUT2D eigenvalue weighted by molar-refractivity contribution is -0.148. The summed E-state index contributed by atoms with van der Waals surface area (Å²) < 4.78 is 0. The zero-order valence-electron chi connectivity index (χ0n) is 10.6. The highest BCUT2D eigenvalue weighted by Crippen LogP contribution is 2.52. The van der Waals surface area contributed by atoms with Crippen molar-refractivity contribution in [2.75, 3.05) is 5.32 Å². The van der Waals surface area contributed by atoms with Gasteiger partial charge >= 0.3 is 5.97 Å². The van der Waals surface area contributed by atoms with Crippen molar-refractivity contribution in [2.45, 2.75) is 19.3 Å². The average Bonchev–Trinajstić information content (AvgIpc) is 2.99. The van der Waals surface area contributed by atoms with Crippen LogP contribution in [-0.4, -0.2) is 17.0 Å². The standard InChI is InChI=1S/C15H17NO3/c17-14(16-11-4-2-1-3-5-11)12-9-6-7-10(8-9)13(12)15(18)19/h1-5,9-10,12-13H,6-8H2,(H,16,17)(H,18,19)/t9-,10-,12-,13-/m0/s1. The minimum atomic E-state index is -0.819.